The molecular weight excluding hydrogens is 244 g/mol. The Morgan fingerprint density at radius 1 is 1.21 bits per heavy atom. The first kappa shape index (κ1) is 14.3. The Morgan fingerprint density at radius 2 is 1.89 bits per heavy atom. The molecule has 1 aromatic rings. The Labute approximate surface area is 113 Å². The molecule has 1 aliphatic rings. The van der Waals surface area contributed by atoms with Crippen LogP contribution in [0.4, 0.5) is 0 Å². The first-order chi connectivity index (χ1) is 9.20. The van der Waals surface area contributed by atoms with E-state index in [1.165, 1.54) is 0 Å². The van der Waals surface area contributed by atoms with Crippen LogP contribution >= 0.6 is 0 Å². The predicted molar refractivity (Wildman–Crippen MR) is 72.9 cm³/mol. The highest BCUT2D eigenvalue weighted by atomic mass is 16.5. The van der Waals surface area contributed by atoms with Crippen molar-refractivity contribution >= 4 is 0 Å². The van der Waals surface area contributed by atoms with E-state index in [1.807, 2.05) is 29.2 Å². The molecule has 4 N–H and O–H groups in total. The second-order valence-electron chi connectivity index (χ2n) is 4.91. The molecule has 1 saturated heterocycles. The van der Waals surface area contributed by atoms with Gasteiger partial charge in [-0.2, -0.15) is 0 Å². The largest absolute Gasteiger partial charge is 0.493 e. The molecule has 5 nitrogen and oxygen atoms in total. The van der Waals surface area contributed by atoms with Crippen molar-refractivity contribution < 1.29 is 14.9 Å². The van der Waals surface area contributed by atoms with Gasteiger partial charge in [-0.1, -0.05) is 18.2 Å². The summed E-state index contributed by atoms with van der Waals surface area (Å²) in [5, 5.41) is 18.9. The minimum atomic E-state index is -0.612. The maximum Gasteiger partial charge on any atom is 0.123 e. The van der Waals surface area contributed by atoms with Gasteiger partial charge in [0.2, 0.25) is 0 Å². The van der Waals surface area contributed by atoms with Crippen LogP contribution in [0.2, 0.25) is 0 Å². The summed E-state index contributed by atoms with van der Waals surface area (Å²) < 4.78 is 5.71. The van der Waals surface area contributed by atoms with Crippen LogP contribution in [0.3, 0.4) is 0 Å². The molecule has 2 rings (SSSR count). The van der Waals surface area contributed by atoms with Crippen molar-refractivity contribution in [3.05, 3.63) is 29.8 Å². The fraction of sp³-hybridized carbons (Fsp3) is 0.571. The van der Waals surface area contributed by atoms with Gasteiger partial charge in [0.1, 0.15) is 5.75 Å². The highest BCUT2D eigenvalue weighted by molar-refractivity contribution is 5.32. The van der Waals surface area contributed by atoms with Crippen LogP contribution in [0.15, 0.2) is 24.3 Å². The van der Waals surface area contributed by atoms with E-state index in [2.05, 4.69) is 0 Å². The van der Waals surface area contributed by atoms with Crippen molar-refractivity contribution in [3.63, 3.8) is 0 Å². The van der Waals surface area contributed by atoms with Crippen molar-refractivity contribution in [2.45, 2.75) is 25.2 Å². The van der Waals surface area contributed by atoms with Crippen LogP contribution in [0.1, 0.15) is 12.0 Å². The fourth-order valence-electron chi connectivity index (χ4n) is 2.31. The lowest BCUT2D eigenvalue weighted by Crippen LogP contribution is -2.24. The van der Waals surface area contributed by atoms with Crippen LogP contribution in [-0.4, -0.2) is 53.6 Å². The lowest BCUT2D eigenvalue weighted by atomic mass is 10.2. The van der Waals surface area contributed by atoms with Gasteiger partial charge in [0.05, 0.1) is 18.8 Å². The molecule has 2 unspecified atom stereocenters. The van der Waals surface area contributed by atoms with Crippen molar-refractivity contribution in [2.24, 2.45) is 5.73 Å². The monoisotopic (exact) mass is 266 g/mol. The van der Waals surface area contributed by atoms with Crippen LogP contribution in [-0.2, 0) is 6.54 Å². The minimum absolute atomic E-state index is 0.473. The first-order valence-electron chi connectivity index (χ1n) is 6.70. The molecule has 0 radical (unpaired) electrons. The van der Waals surface area contributed by atoms with Crippen LogP contribution in [0.5, 0.6) is 5.75 Å². The topological polar surface area (TPSA) is 79.0 Å². The summed E-state index contributed by atoms with van der Waals surface area (Å²) in [6, 6.07) is 7.76. The van der Waals surface area contributed by atoms with E-state index in [9.17, 15) is 10.2 Å². The number of hydrogen-bond acceptors (Lipinski definition) is 5. The van der Waals surface area contributed by atoms with Crippen LogP contribution < -0.4 is 10.5 Å². The number of β-amino-alcohol motifs (C(OH)–C–C–N with tert-alkyl or cyclic N) is 2. The molecule has 0 amide bonds. The molecular formula is C14H22N2O3. The number of nitrogens with zero attached hydrogens (tertiary/aromatic N) is 1. The molecule has 19 heavy (non-hydrogen) atoms. The zero-order valence-electron chi connectivity index (χ0n) is 11.0. The van der Waals surface area contributed by atoms with Crippen molar-refractivity contribution in [3.8, 4) is 5.75 Å². The van der Waals surface area contributed by atoms with Gasteiger partial charge in [0.15, 0.2) is 0 Å². The lowest BCUT2D eigenvalue weighted by molar-refractivity contribution is 0.0572. The Morgan fingerprint density at radius 3 is 2.58 bits per heavy atom. The highest BCUT2D eigenvalue weighted by Crippen LogP contribution is 2.17. The number of aliphatic hydroxyl groups excluding tert-OH is 2. The molecule has 0 aliphatic carbocycles. The maximum atomic E-state index is 9.43. The summed E-state index contributed by atoms with van der Waals surface area (Å²) in [4.78, 5) is 2.05. The maximum absolute atomic E-state index is 9.43. The van der Waals surface area contributed by atoms with Gasteiger partial charge in [0, 0.05) is 31.7 Å². The first-order valence-corrected chi connectivity index (χ1v) is 6.70. The molecule has 0 aromatic heterocycles. The van der Waals surface area contributed by atoms with Crippen molar-refractivity contribution in [2.75, 3.05) is 26.2 Å². The lowest BCUT2D eigenvalue weighted by Gasteiger charge is -2.15. The summed E-state index contributed by atoms with van der Waals surface area (Å²) >= 11 is 0. The van der Waals surface area contributed by atoms with Crippen LogP contribution in [0, 0.1) is 0 Å². The molecule has 0 bridgehead atoms. The fourth-order valence-corrected chi connectivity index (χ4v) is 2.31. The Balaban J connectivity index is 1.70. The van der Waals surface area contributed by atoms with Gasteiger partial charge in [0.25, 0.3) is 0 Å². The highest BCUT2D eigenvalue weighted by Gasteiger charge is 2.28. The number of rotatable bonds is 6. The summed E-state index contributed by atoms with van der Waals surface area (Å²) in [6.07, 6.45) is -0.365. The predicted octanol–water partition coefficient (Wildman–Crippen LogP) is -0.0484. The van der Waals surface area contributed by atoms with E-state index in [0.717, 1.165) is 24.3 Å². The van der Waals surface area contributed by atoms with E-state index in [1.54, 1.807) is 0 Å². The Bertz CT molecular complexity index is 390. The average molecular weight is 266 g/mol. The van der Waals surface area contributed by atoms with Gasteiger partial charge in [-0.25, -0.2) is 0 Å². The summed E-state index contributed by atoms with van der Waals surface area (Å²) in [6.45, 7) is 2.99. The number of aliphatic hydroxyl groups is 2. The van der Waals surface area contributed by atoms with Gasteiger partial charge in [-0.3, -0.25) is 4.90 Å². The van der Waals surface area contributed by atoms with E-state index < -0.39 is 12.2 Å². The van der Waals surface area contributed by atoms with Crippen LogP contribution in [0.25, 0.3) is 0 Å². The second-order valence-corrected chi connectivity index (χ2v) is 4.91. The number of benzene rings is 1. The number of nitrogens with two attached hydrogens (primary N) is 1. The third-order valence-electron chi connectivity index (χ3n) is 3.40. The Kier molecular flexibility index (Phi) is 5.15. The third kappa shape index (κ3) is 3.91. The van der Waals surface area contributed by atoms with E-state index in [4.69, 9.17) is 10.5 Å². The third-order valence-corrected chi connectivity index (χ3v) is 3.40. The van der Waals surface area contributed by atoms with Gasteiger partial charge in [-0.05, 0) is 12.5 Å². The zero-order chi connectivity index (χ0) is 13.7. The molecule has 1 aliphatic heterocycles. The van der Waals surface area contributed by atoms with E-state index in [0.29, 0.717) is 26.2 Å². The average Bonchev–Trinajstić information content (AvgIpc) is 2.74. The molecule has 0 saturated carbocycles. The second kappa shape index (κ2) is 6.86. The van der Waals surface area contributed by atoms with Crippen molar-refractivity contribution in [1.29, 1.82) is 0 Å². The smallest absolute Gasteiger partial charge is 0.123 e. The number of hydrogen-bond donors (Lipinski definition) is 3. The van der Waals surface area contributed by atoms with Gasteiger partial charge >= 0.3 is 0 Å². The molecule has 106 valence electrons. The Hall–Kier alpha value is -1.14. The molecule has 1 heterocycles. The summed E-state index contributed by atoms with van der Waals surface area (Å²) in [5.74, 6) is 0.839. The van der Waals surface area contributed by atoms with Gasteiger partial charge < -0.3 is 20.7 Å². The standard InChI is InChI=1S/C14H22N2O3/c15-8-11-4-1-2-5-14(11)19-7-3-6-16-9-12(17)13(18)10-16/h1-2,4-5,12-13,17-18H,3,6-10,15H2. The van der Waals surface area contributed by atoms with E-state index >= 15 is 0 Å². The quantitative estimate of drug-likeness (QED) is 0.629. The number of ether oxygens (including phenoxy) is 1. The van der Waals surface area contributed by atoms with Gasteiger partial charge in [-0.15, -0.1) is 0 Å². The summed E-state index contributed by atoms with van der Waals surface area (Å²) in [7, 11) is 0. The number of para-hydroxylation sites is 1. The molecule has 1 fully saturated rings. The molecule has 2 atom stereocenters. The molecule has 0 spiro atoms. The molecule has 1 aromatic carbocycles. The number of likely N-dealkylation sites (tertiary alicyclic amines) is 1. The zero-order valence-corrected chi connectivity index (χ0v) is 11.0. The van der Waals surface area contributed by atoms with Crippen molar-refractivity contribution in [1.82, 2.24) is 4.90 Å². The van der Waals surface area contributed by atoms with E-state index in [-0.39, 0.29) is 0 Å². The minimum Gasteiger partial charge on any atom is -0.493 e. The summed E-state index contributed by atoms with van der Waals surface area (Å²) in [5.41, 5.74) is 6.65. The molecule has 5 heteroatoms. The normalized spacial score (nSPS) is 23.7. The SMILES string of the molecule is NCc1ccccc1OCCCN1CC(O)C(O)C1.